The van der Waals surface area contributed by atoms with Crippen molar-refractivity contribution >= 4 is 23.2 Å². The van der Waals surface area contributed by atoms with E-state index in [0.29, 0.717) is 11.4 Å². The van der Waals surface area contributed by atoms with Crippen LogP contribution < -0.4 is 11.3 Å². The molecular weight excluding hydrogens is 288 g/mol. The second-order valence-electron chi connectivity index (χ2n) is 4.07. The third-order valence-corrected chi connectivity index (χ3v) is 3.43. The van der Waals surface area contributed by atoms with Crippen LogP contribution in [0.15, 0.2) is 36.7 Å². The molecule has 0 amide bonds. The lowest BCUT2D eigenvalue weighted by Gasteiger charge is -2.17. The maximum absolute atomic E-state index is 13.4. The van der Waals surface area contributed by atoms with Gasteiger partial charge in [0.1, 0.15) is 5.82 Å². The maximum atomic E-state index is 13.4. The Balaban J connectivity index is 2.24. The van der Waals surface area contributed by atoms with E-state index in [1.807, 2.05) is 0 Å². The minimum absolute atomic E-state index is 0.1000. The van der Waals surface area contributed by atoms with E-state index < -0.39 is 5.82 Å². The number of nitrogens with one attached hydrogen (secondary N) is 1. The fourth-order valence-corrected chi connectivity index (χ4v) is 2.20. The molecule has 0 fully saturated rings. The van der Waals surface area contributed by atoms with Crippen LogP contribution in [0.4, 0.5) is 4.39 Å². The van der Waals surface area contributed by atoms with Crippen LogP contribution in [0, 0.1) is 5.82 Å². The first kappa shape index (κ1) is 14.2. The summed E-state index contributed by atoms with van der Waals surface area (Å²) >= 11 is 11.7. The lowest BCUT2D eigenvalue weighted by Crippen LogP contribution is -2.29. The lowest BCUT2D eigenvalue weighted by molar-refractivity contribution is 0.548. The number of hydrazine groups is 1. The molecule has 3 nitrogen and oxygen atoms in total. The van der Waals surface area contributed by atoms with Gasteiger partial charge in [-0.1, -0.05) is 29.3 Å². The van der Waals surface area contributed by atoms with Crippen molar-refractivity contribution in [2.45, 2.75) is 12.5 Å². The molecule has 1 aromatic carbocycles. The van der Waals surface area contributed by atoms with Crippen LogP contribution in [0.25, 0.3) is 0 Å². The molecule has 6 heteroatoms. The van der Waals surface area contributed by atoms with Crippen LogP contribution in [-0.4, -0.2) is 4.98 Å². The Bertz CT molecular complexity index is 578. The molecule has 19 heavy (non-hydrogen) atoms. The Morgan fingerprint density at radius 1 is 1.26 bits per heavy atom. The van der Waals surface area contributed by atoms with Crippen molar-refractivity contribution in [2.75, 3.05) is 0 Å². The van der Waals surface area contributed by atoms with E-state index >= 15 is 0 Å². The van der Waals surface area contributed by atoms with Gasteiger partial charge in [0, 0.05) is 12.4 Å². The van der Waals surface area contributed by atoms with E-state index in [-0.39, 0.29) is 11.1 Å². The number of hydrogen-bond donors (Lipinski definition) is 2. The molecule has 1 atom stereocenters. The first-order valence-corrected chi connectivity index (χ1v) is 6.37. The molecule has 1 heterocycles. The van der Waals surface area contributed by atoms with Crippen molar-refractivity contribution in [1.82, 2.24) is 10.4 Å². The van der Waals surface area contributed by atoms with Crippen LogP contribution in [0.2, 0.25) is 10.0 Å². The summed E-state index contributed by atoms with van der Waals surface area (Å²) in [5, 5.41) is 0.614. The average Bonchev–Trinajstić information content (AvgIpc) is 2.41. The van der Waals surface area contributed by atoms with Crippen LogP contribution in [-0.2, 0) is 6.42 Å². The Morgan fingerprint density at radius 2 is 2.05 bits per heavy atom. The monoisotopic (exact) mass is 299 g/mol. The molecule has 100 valence electrons. The maximum Gasteiger partial charge on any atom is 0.142 e. The van der Waals surface area contributed by atoms with Crippen molar-refractivity contribution < 1.29 is 4.39 Å². The largest absolute Gasteiger partial charge is 0.271 e. The molecule has 1 aromatic heterocycles. The van der Waals surface area contributed by atoms with Crippen LogP contribution in [0.1, 0.15) is 17.2 Å². The molecule has 0 saturated carbocycles. The van der Waals surface area contributed by atoms with Gasteiger partial charge in [-0.05, 0) is 35.7 Å². The normalized spacial score (nSPS) is 12.4. The fourth-order valence-electron chi connectivity index (χ4n) is 1.83. The highest BCUT2D eigenvalue weighted by Crippen LogP contribution is 2.25. The number of benzene rings is 1. The summed E-state index contributed by atoms with van der Waals surface area (Å²) in [5.74, 6) is 5.09. The zero-order valence-corrected chi connectivity index (χ0v) is 11.4. The van der Waals surface area contributed by atoms with Crippen molar-refractivity contribution in [2.24, 2.45) is 5.84 Å². The molecule has 0 aliphatic heterocycles. The number of hydrogen-bond acceptors (Lipinski definition) is 3. The number of rotatable bonds is 4. The van der Waals surface area contributed by atoms with Gasteiger partial charge < -0.3 is 0 Å². The summed E-state index contributed by atoms with van der Waals surface area (Å²) in [5.41, 5.74) is 4.26. The molecule has 2 aromatic rings. The van der Waals surface area contributed by atoms with Crippen molar-refractivity contribution in [3.8, 4) is 0 Å². The first-order valence-electron chi connectivity index (χ1n) is 5.61. The third-order valence-electron chi connectivity index (χ3n) is 2.80. The molecule has 1 unspecified atom stereocenters. The topological polar surface area (TPSA) is 50.9 Å². The summed E-state index contributed by atoms with van der Waals surface area (Å²) in [6.45, 7) is 0. The minimum atomic E-state index is -0.448. The smallest absolute Gasteiger partial charge is 0.142 e. The molecule has 0 aliphatic carbocycles. The molecular formula is C13H12Cl2FN3. The fraction of sp³-hybridized carbons (Fsp3) is 0.154. The van der Waals surface area contributed by atoms with Gasteiger partial charge in [0.05, 0.1) is 16.1 Å². The van der Waals surface area contributed by atoms with Gasteiger partial charge in [-0.2, -0.15) is 0 Å². The quantitative estimate of drug-likeness (QED) is 0.673. The first-order chi connectivity index (χ1) is 9.11. The zero-order chi connectivity index (χ0) is 13.8. The summed E-state index contributed by atoms with van der Waals surface area (Å²) in [6, 6.07) is 6.22. The van der Waals surface area contributed by atoms with Gasteiger partial charge in [-0.25, -0.2) is 4.39 Å². The Kier molecular flexibility index (Phi) is 4.71. The number of nitrogens with two attached hydrogens (primary N) is 1. The van der Waals surface area contributed by atoms with Gasteiger partial charge in [-0.3, -0.25) is 16.3 Å². The summed E-state index contributed by atoms with van der Waals surface area (Å²) in [4.78, 5) is 3.92. The Morgan fingerprint density at radius 3 is 2.68 bits per heavy atom. The molecule has 0 spiro atoms. The predicted molar refractivity (Wildman–Crippen MR) is 74.4 cm³/mol. The highest BCUT2D eigenvalue weighted by molar-refractivity contribution is 6.31. The SMILES string of the molecule is NNC(Cc1ccc(Cl)c(F)c1)c1ccncc1Cl. The van der Waals surface area contributed by atoms with Crippen molar-refractivity contribution in [1.29, 1.82) is 0 Å². The van der Waals surface area contributed by atoms with E-state index in [0.717, 1.165) is 11.1 Å². The van der Waals surface area contributed by atoms with E-state index in [4.69, 9.17) is 29.0 Å². The van der Waals surface area contributed by atoms with Crippen LogP contribution in [0.3, 0.4) is 0 Å². The van der Waals surface area contributed by atoms with Crippen LogP contribution >= 0.6 is 23.2 Å². The number of halogens is 3. The number of pyridine rings is 1. The average molecular weight is 300 g/mol. The number of nitrogens with zero attached hydrogens (tertiary/aromatic N) is 1. The Hall–Kier alpha value is -1.20. The standard InChI is InChI=1S/C13H12Cl2FN3/c14-10-2-1-8(5-12(10)16)6-13(19-17)9-3-4-18-7-11(9)15/h1-5,7,13,19H,6,17H2. The van der Waals surface area contributed by atoms with Gasteiger partial charge >= 0.3 is 0 Å². The van der Waals surface area contributed by atoms with Gasteiger partial charge in [0.2, 0.25) is 0 Å². The summed E-state index contributed by atoms with van der Waals surface area (Å²) < 4.78 is 13.4. The number of aromatic nitrogens is 1. The molecule has 0 aliphatic rings. The summed E-state index contributed by atoms with van der Waals surface area (Å²) in [6.07, 6.45) is 3.67. The highest BCUT2D eigenvalue weighted by atomic mass is 35.5. The second-order valence-corrected chi connectivity index (χ2v) is 4.88. The van der Waals surface area contributed by atoms with Gasteiger partial charge in [0.25, 0.3) is 0 Å². The van der Waals surface area contributed by atoms with Crippen LogP contribution in [0.5, 0.6) is 0 Å². The van der Waals surface area contributed by atoms with Gasteiger partial charge in [0.15, 0.2) is 0 Å². The lowest BCUT2D eigenvalue weighted by atomic mass is 10.0. The molecule has 0 radical (unpaired) electrons. The molecule has 3 N–H and O–H groups in total. The molecule has 2 rings (SSSR count). The summed E-state index contributed by atoms with van der Waals surface area (Å²) in [7, 11) is 0. The van der Waals surface area contributed by atoms with Gasteiger partial charge in [-0.15, -0.1) is 0 Å². The van der Waals surface area contributed by atoms with E-state index in [2.05, 4.69) is 10.4 Å². The third kappa shape index (κ3) is 3.42. The Labute approximate surface area is 120 Å². The van der Waals surface area contributed by atoms with E-state index in [9.17, 15) is 4.39 Å². The second kappa shape index (κ2) is 6.30. The van der Waals surface area contributed by atoms with Crippen molar-refractivity contribution in [3.63, 3.8) is 0 Å². The minimum Gasteiger partial charge on any atom is -0.271 e. The molecule has 0 bridgehead atoms. The van der Waals surface area contributed by atoms with Crippen molar-refractivity contribution in [3.05, 3.63) is 63.6 Å². The predicted octanol–water partition coefficient (Wildman–Crippen LogP) is 3.27. The van der Waals surface area contributed by atoms with E-state index in [1.165, 1.54) is 12.1 Å². The highest BCUT2D eigenvalue weighted by Gasteiger charge is 2.14. The molecule has 0 saturated heterocycles. The van der Waals surface area contributed by atoms with E-state index in [1.54, 1.807) is 24.5 Å². The zero-order valence-electron chi connectivity index (χ0n) is 9.91.